The van der Waals surface area contributed by atoms with Crippen LogP contribution in [0.25, 0.3) is 6.08 Å². The van der Waals surface area contributed by atoms with Crippen molar-refractivity contribution < 1.29 is 4.39 Å². The van der Waals surface area contributed by atoms with Crippen molar-refractivity contribution >= 4 is 6.08 Å². The molecule has 74 valence electrons. The van der Waals surface area contributed by atoms with Gasteiger partial charge in [-0.1, -0.05) is 24.3 Å². The Morgan fingerprint density at radius 2 is 2.36 bits per heavy atom. The number of nitrogens with one attached hydrogen (secondary N) is 1. The van der Waals surface area contributed by atoms with Gasteiger partial charge in [0.05, 0.1) is 0 Å². The maximum absolute atomic E-state index is 12.8. The summed E-state index contributed by atoms with van der Waals surface area (Å²) in [5.41, 5.74) is 0.929. The van der Waals surface area contributed by atoms with E-state index < -0.39 is 0 Å². The molecule has 0 radical (unpaired) electrons. The highest BCUT2D eigenvalue weighted by atomic mass is 19.1. The van der Waals surface area contributed by atoms with Gasteiger partial charge in [-0.15, -0.1) is 0 Å². The fourth-order valence-corrected chi connectivity index (χ4v) is 1.71. The van der Waals surface area contributed by atoms with Crippen molar-refractivity contribution in [1.82, 2.24) is 5.32 Å². The van der Waals surface area contributed by atoms with Crippen molar-refractivity contribution in [3.05, 3.63) is 41.7 Å². The van der Waals surface area contributed by atoms with Gasteiger partial charge in [0.2, 0.25) is 0 Å². The average molecular weight is 191 g/mol. The summed E-state index contributed by atoms with van der Waals surface area (Å²) in [6, 6.07) is 7.13. The Labute approximate surface area is 83.6 Å². The molecule has 1 aromatic carbocycles. The molecule has 1 aliphatic heterocycles. The molecule has 0 amide bonds. The van der Waals surface area contributed by atoms with Crippen LogP contribution in [0.5, 0.6) is 0 Å². The molecule has 0 bridgehead atoms. The zero-order valence-electron chi connectivity index (χ0n) is 8.04. The molecule has 1 aliphatic rings. The third kappa shape index (κ3) is 2.42. The molecule has 2 rings (SSSR count). The molecule has 2 heteroatoms. The Morgan fingerprint density at radius 1 is 1.43 bits per heavy atom. The van der Waals surface area contributed by atoms with Crippen LogP contribution in [0.15, 0.2) is 30.3 Å². The van der Waals surface area contributed by atoms with Crippen molar-refractivity contribution in [2.24, 2.45) is 0 Å². The van der Waals surface area contributed by atoms with E-state index in [4.69, 9.17) is 0 Å². The maximum atomic E-state index is 12.8. The van der Waals surface area contributed by atoms with Gasteiger partial charge in [-0.25, -0.2) is 4.39 Å². The largest absolute Gasteiger partial charge is 0.311 e. The highest BCUT2D eigenvalue weighted by molar-refractivity contribution is 5.49. The van der Waals surface area contributed by atoms with E-state index in [2.05, 4.69) is 11.4 Å². The monoisotopic (exact) mass is 191 g/mol. The summed E-state index contributed by atoms with van der Waals surface area (Å²) in [7, 11) is 0. The average Bonchev–Trinajstić information content (AvgIpc) is 2.67. The van der Waals surface area contributed by atoms with E-state index in [0.29, 0.717) is 6.04 Å². The maximum Gasteiger partial charge on any atom is 0.123 e. The SMILES string of the molecule is Fc1cccc(/C=C\[C@@H]2CCCN2)c1. The smallest absolute Gasteiger partial charge is 0.123 e. The third-order valence-electron chi connectivity index (χ3n) is 2.47. The first-order chi connectivity index (χ1) is 6.84. The molecule has 0 aromatic heterocycles. The van der Waals surface area contributed by atoms with E-state index >= 15 is 0 Å². The molecular formula is C12H14FN. The Bertz CT molecular complexity index is 327. The van der Waals surface area contributed by atoms with Crippen LogP contribution < -0.4 is 5.32 Å². The standard InChI is InChI=1S/C12H14FN/c13-11-4-1-3-10(9-11)6-7-12-5-2-8-14-12/h1,3-4,6-7,9,12,14H,2,5,8H2/b7-6-/t12-/m0/s1. The van der Waals surface area contributed by atoms with E-state index in [0.717, 1.165) is 12.1 Å². The molecule has 1 nitrogen and oxygen atoms in total. The Kier molecular flexibility index (Phi) is 2.94. The minimum atomic E-state index is -0.175. The minimum absolute atomic E-state index is 0.175. The van der Waals surface area contributed by atoms with Gasteiger partial charge >= 0.3 is 0 Å². The Hall–Kier alpha value is -1.15. The first kappa shape index (κ1) is 9.41. The molecule has 1 N–H and O–H groups in total. The zero-order chi connectivity index (χ0) is 9.80. The molecule has 1 heterocycles. The molecule has 0 unspecified atom stereocenters. The van der Waals surface area contributed by atoms with Gasteiger partial charge in [-0.3, -0.25) is 0 Å². The second kappa shape index (κ2) is 4.38. The van der Waals surface area contributed by atoms with Crippen LogP contribution in [0.4, 0.5) is 4.39 Å². The highest BCUT2D eigenvalue weighted by Crippen LogP contribution is 2.10. The van der Waals surface area contributed by atoms with E-state index in [1.165, 1.54) is 18.9 Å². The zero-order valence-corrected chi connectivity index (χ0v) is 8.04. The first-order valence-electron chi connectivity index (χ1n) is 5.02. The fourth-order valence-electron chi connectivity index (χ4n) is 1.71. The molecule has 0 aliphatic carbocycles. The summed E-state index contributed by atoms with van der Waals surface area (Å²) in [6.07, 6.45) is 6.51. The molecule has 1 fully saturated rings. The van der Waals surface area contributed by atoms with Crippen LogP contribution >= 0.6 is 0 Å². The number of hydrogen-bond donors (Lipinski definition) is 1. The lowest BCUT2D eigenvalue weighted by molar-refractivity contribution is 0.627. The summed E-state index contributed by atoms with van der Waals surface area (Å²) >= 11 is 0. The lowest BCUT2D eigenvalue weighted by Crippen LogP contribution is -2.17. The van der Waals surface area contributed by atoms with Crippen molar-refractivity contribution in [2.45, 2.75) is 18.9 Å². The molecule has 1 saturated heterocycles. The van der Waals surface area contributed by atoms with E-state index in [1.807, 2.05) is 12.1 Å². The topological polar surface area (TPSA) is 12.0 Å². The molecule has 14 heavy (non-hydrogen) atoms. The van der Waals surface area contributed by atoms with Crippen molar-refractivity contribution in [3.63, 3.8) is 0 Å². The summed E-state index contributed by atoms with van der Waals surface area (Å²) in [5, 5.41) is 3.36. The van der Waals surface area contributed by atoms with E-state index in [9.17, 15) is 4.39 Å². The number of benzene rings is 1. The van der Waals surface area contributed by atoms with E-state index in [1.54, 1.807) is 12.1 Å². The molecule has 0 spiro atoms. The minimum Gasteiger partial charge on any atom is -0.311 e. The van der Waals surface area contributed by atoms with Crippen LogP contribution in [0.2, 0.25) is 0 Å². The summed E-state index contributed by atoms with van der Waals surface area (Å²) in [4.78, 5) is 0. The second-order valence-electron chi connectivity index (χ2n) is 3.62. The van der Waals surface area contributed by atoms with Gasteiger partial charge in [-0.05, 0) is 37.1 Å². The highest BCUT2D eigenvalue weighted by Gasteiger charge is 2.09. The van der Waals surface area contributed by atoms with Gasteiger partial charge in [0.15, 0.2) is 0 Å². The van der Waals surface area contributed by atoms with Gasteiger partial charge < -0.3 is 5.32 Å². The number of rotatable bonds is 2. The van der Waals surface area contributed by atoms with Crippen molar-refractivity contribution in [2.75, 3.05) is 6.54 Å². The molecule has 1 aromatic rings. The summed E-state index contributed by atoms with van der Waals surface area (Å²) in [6.45, 7) is 1.10. The van der Waals surface area contributed by atoms with Gasteiger partial charge in [0, 0.05) is 6.04 Å². The second-order valence-corrected chi connectivity index (χ2v) is 3.62. The van der Waals surface area contributed by atoms with Crippen LogP contribution in [-0.4, -0.2) is 12.6 Å². The number of hydrogen-bond acceptors (Lipinski definition) is 1. The van der Waals surface area contributed by atoms with Gasteiger partial charge in [0.1, 0.15) is 5.82 Å². The van der Waals surface area contributed by atoms with Crippen LogP contribution in [-0.2, 0) is 0 Å². The molecule has 1 atom stereocenters. The number of halogens is 1. The molecular weight excluding hydrogens is 177 g/mol. The normalized spacial score (nSPS) is 21.9. The fraction of sp³-hybridized carbons (Fsp3) is 0.333. The van der Waals surface area contributed by atoms with Crippen molar-refractivity contribution in [1.29, 1.82) is 0 Å². The summed E-state index contributed by atoms with van der Waals surface area (Å²) in [5.74, 6) is -0.175. The molecule has 0 saturated carbocycles. The third-order valence-corrected chi connectivity index (χ3v) is 2.47. The predicted molar refractivity (Wildman–Crippen MR) is 56.5 cm³/mol. The van der Waals surface area contributed by atoms with Crippen LogP contribution in [0.3, 0.4) is 0 Å². The predicted octanol–water partition coefficient (Wildman–Crippen LogP) is 2.59. The van der Waals surface area contributed by atoms with Gasteiger partial charge in [-0.2, -0.15) is 0 Å². The first-order valence-corrected chi connectivity index (χ1v) is 5.02. The Balaban J connectivity index is 2.02. The Morgan fingerprint density at radius 3 is 3.07 bits per heavy atom. The van der Waals surface area contributed by atoms with Gasteiger partial charge in [0.25, 0.3) is 0 Å². The van der Waals surface area contributed by atoms with Crippen LogP contribution in [0.1, 0.15) is 18.4 Å². The van der Waals surface area contributed by atoms with E-state index in [-0.39, 0.29) is 5.82 Å². The quantitative estimate of drug-likeness (QED) is 0.757. The van der Waals surface area contributed by atoms with Crippen LogP contribution in [0, 0.1) is 5.82 Å². The van der Waals surface area contributed by atoms with Crippen molar-refractivity contribution in [3.8, 4) is 0 Å². The lowest BCUT2D eigenvalue weighted by atomic mass is 10.1. The lowest BCUT2D eigenvalue weighted by Gasteiger charge is -2.01. The summed E-state index contributed by atoms with van der Waals surface area (Å²) < 4.78 is 12.8.